The van der Waals surface area contributed by atoms with E-state index in [1.54, 1.807) is 0 Å². The lowest BCUT2D eigenvalue weighted by atomic mass is 9.79. The normalized spacial score (nSPS) is 44.2. The van der Waals surface area contributed by atoms with Gasteiger partial charge in [0.1, 0.15) is 5.54 Å². The van der Waals surface area contributed by atoms with Crippen molar-refractivity contribution in [3.63, 3.8) is 0 Å². The van der Waals surface area contributed by atoms with Gasteiger partial charge in [0.25, 0.3) is 0 Å². The molecule has 1 heterocycles. The standard InChI is InChI=1S/C16H27N3/c1-12-9-19(10-13(12)2)15-4-3-7-16(8-15,11-17)18-14-5-6-14/h12-15,18H,3-10H2,1-2H3. The first-order valence-electron chi connectivity index (χ1n) is 8.05. The molecule has 4 unspecified atom stereocenters. The predicted molar refractivity (Wildman–Crippen MR) is 76.7 cm³/mol. The average Bonchev–Trinajstić information content (AvgIpc) is 3.15. The Morgan fingerprint density at radius 3 is 2.42 bits per heavy atom. The molecule has 3 heteroatoms. The fourth-order valence-electron chi connectivity index (χ4n) is 3.91. The van der Waals surface area contributed by atoms with E-state index in [4.69, 9.17) is 0 Å². The maximum atomic E-state index is 9.65. The zero-order valence-corrected chi connectivity index (χ0v) is 12.4. The third-order valence-corrected chi connectivity index (χ3v) is 5.53. The van der Waals surface area contributed by atoms with Crippen LogP contribution in [0.25, 0.3) is 0 Å². The van der Waals surface area contributed by atoms with Gasteiger partial charge in [0.05, 0.1) is 6.07 Å². The topological polar surface area (TPSA) is 39.1 Å². The molecule has 0 radical (unpaired) electrons. The molecular weight excluding hydrogens is 234 g/mol. The number of rotatable bonds is 3. The molecule has 0 aromatic rings. The van der Waals surface area contributed by atoms with Crippen molar-refractivity contribution in [1.82, 2.24) is 10.2 Å². The monoisotopic (exact) mass is 261 g/mol. The van der Waals surface area contributed by atoms with Gasteiger partial charge in [-0.15, -0.1) is 0 Å². The molecule has 3 aliphatic rings. The Bertz CT molecular complexity index is 361. The highest BCUT2D eigenvalue weighted by Crippen LogP contribution is 2.36. The van der Waals surface area contributed by atoms with Gasteiger partial charge in [-0.1, -0.05) is 13.8 Å². The number of nitrogens with zero attached hydrogens (tertiary/aromatic N) is 2. The summed E-state index contributed by atoms with van der Waals surface area (Å²) in [6.45, 7) is 7.20. The van der Waals surface area contributed by atoms with Gasteiger partial charge in [0.2, 0.25) is 0 Å². The first kappa shape index (κ1) is 13.4. The number of hydrogen-bond donors (Lipinski definition) is 1. The summed E-state index contributed by atoms with van der Waals surface area (Å²) in [5, 5.41) is 13.3. The van der Waals surface area contributed by atoms with Crippen molar-refractivity contribution >= 4 is 0 Å². The van der Waals surface area contributed by atoms with Crippen LogP contribution in [0.3, 0.4) is 0 Å². The Hall–Kier alpha value is -0.590. The Morgan fingerprint density at radius 2 is 1.84 bits per heavy atom. The van der Waals surface area contributed by atoms with Crippen molar-refractivity contribution < 1.29 is 0 Å². The van der Waals surface area contributed by atoms with Gasteiger partial charge in [0, 0.05) is 25.2 Å². The molecule has 3 nitrogen and oxygen atoms in total. The smallest absolute Gasteiger partial charge is 0.108 e. The molecular formula is C16H27N3. The van der Waals surface area contributed by atoms with Crippen molar-refractivity contribution in [3.05, 3.63) is 0 Å². The van der Waals surface area contributed by atoms with E-state index in [2.05, 4.69) is 30.1 Å². The van der Waals surface area contributed by atoms with Crippen molar-refractivity contribution in [3.8, 4) is 6.07 Å². The van der Waals surface area contributed by atoms with Crippen LogP contribution in [0.1, 0.15) is 52.4 Å². The summed E-state index contributed by atoms with van der Waals surface area (Å²) in [5.41, 5.74) is -0.223. The summed E-state index contributed by atoms with van der Waals surface area (Å²) < 4.78 is 0. The maximum Gasteiger partial charge on any atom is 0.108 e. The van der Waals surface area contributed by atoms with Crippen LogP contribution in [-0.4, -0.2) is 35.6 Å². The minimum Gasteiger partial charge on any atom is -0.300 e. The SMILES string of the molecule is CC1CN(C2CCCC(C#N)(NC3CC3)C2)CC1C. The van der Waals surface area contributed by atoms with E-state index < -0.39 is 0 Å². The van der Waals surface area contributed by atoms with Crippen LogP contribution in [0.4, 0.5) is 0 Å². The van der Waals surface area contributed by atoms with E-state index in [-0.39, 0.29) is 5.54 Å². The molecule has 0 aromatic carbocycles. The number of nitrogens with one attached hydrogen (secondary N) is 1. The Labute approximate surface area is 117 Å². The molecule has 0 bridgehead atoms. The van der Waals surface area contributed by atoms with Crippen LogP contribution >= 0.6 is 0 Å². The van der Waals surface area contributed by atoms with Gasteiger partial charge >= 0.3 is 0 Å². The lowest BCUT2D eigenvalue weighted by molar-refractivity contribution is 0.137. The van der Waals surface area contributed by atoms with Crippen LogP contribution in [0.15, 0.2) is 0 Å². The van der Waals surface area contributed by atoms with E-state index >= 15 is 0 Å². The molecule has 0 aromatic heterocycles. The zero-order valence-electron chi connectivity index (χ0n) is 12.4. The highest BCUT2D eigenvalue weighted by Gasteiger charge is 2.43. The van der Waals surface area contributed by atoms with Gasteiger partial charge in [-0.05, 0) is 50.4 Å². The number of hydrogen-bond acceptors (Lipinski definition) is 3. The summed E-state index contributed by atoms with van der Waals surface area (Å²) in [7, 11) is 0. The van der Waals surface area contributed by atoms with Crippen molar-refractivity contribution in [2.24, 2.45) is 11.8 Å². The van der Waals surface area contributed by atoms with Gasteiger partial charge < -0.3 is 0 Å². The molecule has 2 saturated carbocycles. The quantitative estimate of drug-likeness (QED) is 0.848. The van der Waals surface area contributed by atoms with Crippen molar-refractivity contribution in [2.75, 3.05) is 13.1 Å². The number of nitriles is 1. The summed E-state index contributed by atoms with van der Waals surface area (Å²) >= 11 is 0. The molecule has 2 aliphatic carbocycles. The Kier molecular flexibility index (Phi) is 3.57. The highest BCUT2D eigenvalue weighted by atomic mass is 15.2. The minimum absolute atomic E-state index is 0.223. The molecule has 1 aliphatic heterocycles. The average molecular weight is 261 g/mol. The van der Waals surface area contributed by atoms with E-state index in [1.165, 1.54) is 38.8 Å². The summed E-state index contributed by atoms with van der Waals surface area (Å²) in [4.78, 5) is 2.66. The van der Waals surface area contributed by atoms with Crippen molar-refractivity contribution in [2.45, 2.75) is 70.0 Å². The lowest BCUT2D eigenvalue weighted by Crippen LogP contribution is -2.53. The molecule has 0 amide bonds. The van der Waals surface area contributed by atoms with Gasteiger partial charge in [0.15, 0.2) is 0 Å². The second kappa shape index (κ2) is 5.07. The highest BCUT2D eigenvalue weighted by molar-refractivity contribution is 5.13. The molecule has 106 valence electrons. The molecule has 1 N–H and O–H groups in total. The summed E-state index contributed by atoms with van der Waals surface area (Å²) in [6, 6.07) is 3.89. The Morgan fingerprint density at radius 1 is 1.16 bits per heavy atom. The van der Waals surface area contributed by atoms with Crippen LogP contribution in [0.2, 0.25) is 0 Å². The van der Waals surface area contributed by atoms with Gasteiger partial charge in [-0.3, -0.25) is 10.2 Å². The summed E-state index contributed by atoms with van der Waals surface area (Å²) in [5.74, 6) is 1.63. The zero-order chi connectivity index (χ0) is 13.5. The van der Waals surface area contributed by atoms with E-state index in [0.29, 0.717) is 12.1 Å². The predicted octanol–water partition coefficient (Wildman–Crippen LogP) is 2.53. The van der Waals surface area contributed by atoms with Gasteiger partial charge in [-0.2, -0.15) is 5.26 Å². The first-order chi connectivity index (χ1) is 9.12. The molecule has 3 fully saturated rings. The number of likely N-dealkylation sites (tertiary alicyclic amines) is 1. The maximum absolute atomic E-state index is 9.65. The third-order valence-electron chi connectivity index (χ3n) is 5.53. The molecule has 3 rings (SSSR count). The van der Waals surface area contributed by atoms with Crippen LogP contribution in [-0.2, 0) is 0 Å². The minimum atomic E-state index is -0.223. The molecule has 4 atom stereocenters. The van der Waals surface area contributed by atoms with Crippen molar-refractivity contribution in [1.29, 1.82) is 5.26 Å². The first-order valence-corrected chi connectivity index (χ1v) is 8.05. The van der Waals surface area contributed by atoms with Crippen LogP contribution in [0, 0.1) is 23.2 Å². The van der Waals surface area contributed by atoms with Crippen LogP contribution < -0.4 is 5.32 Å². The Balaban J connectivity index is 1.65. The largest absolute Gasteiger partial charge is 0.300 e. The fraction of sp³-hybridized carbons (Fsp3) is 0.938. The lowest BCUT2D eigenvalue weighted by Gasteiger charge is -2.40. The van der Waals surface area contributed by atoms with E-state index in [9.17, 15) is 5.26 Å². The second-order valence-corrected chi connectivity index (χ2v) is 7.27. The summed E-state index contributed by atoms with van der Waals surface area (Å²) in [6.07, 6.45) is 7.12. The molecule has 19 heavy (non-hydrogen) atoms. The van der Waals surface area contributed by atoms with E-state index in [0.717, 1.165) is 24.7 Å². The fourth-order valence-corrected chi connectivity index (χ4v) is 3.91. The van der Waals surface area contributed by atoms with Gasteiger partial charge in [-0.25, -0.2) is 0 Å². The molecule has 1 saturated heterocycles. The van der Waals surface area contributed by atoms with E-state index in [1.807, 2.05) is 0 Å². The third kappa shape index (κ3) is 2.80. The second-order valence-electron chi connectivity index (χ2n) is 7.27. The molecule has 0 spiro atoms. The van der Waals surface area contributed by atoms with Crippen LogP contribution in [0.5, 0.6) is 0 Å².